The number of fused-ring (bicyclic) bond motifs is 2. The number of hydrogen-bond donors (Lipinski definition) is 0. The van der Waals surface area contributed by atoms with Gasteiger partial charge in [0.1, 0.15) is 24.4 Å². The maximum Gasteiger partial charge on any atom is 0.349 e. The zero-order valence-corrected chi connectivity index (χ0v) is 27.0. The largest absolute Gasteiger partial charge is 0.493 e. The van der Waals surface area contributed by atoms with Crippen LogP contribution in [0.4, 0.5) is 0 Å². The minimum Gasteiger partial charge on any atom is -0.493 e. The topological polar surface area (TPSA) is 64.6 Å². The lowest BCUT2D eigenvalue weighted by Crippen LogP contribution is -2.67. The van der Waals surface area contributed by atoms with Crippen molar-refractivity contribution in [1.82, 2.24) is 0 Å². The second-order valence-electron chi connectivity index (χ2n) is 15.1. The summed E-state index contributed by atoms with van der Waals surface area (Å²) in [7, 11) is -5.23. The first-order valence-electron chi connectivity index (χ1n) is 13.8. The molecule has 37 heavy (non-hydrogen) atoms. The van der Waals surface area contributed by atoms with Gasteiger partial charge in [-0.1, -0.05) is 89.2 Å². The Bertz CT molecular complexity index is 862. The maximum atomic E-state index is 6.96. The molecule has 212 valence electrons. The first-order chi connectivity index (χ1) is 16.8. The molecule has 2 fully saturated rings. The predicted molar refractivity (Wildman–Crippen MR) is 149 cm³/mol. The highest BCUT2D eigenvalue weighted by atomic mass is 28.4. The van der Waals surface area contributed by atoms with Crippen LogP contribution in [-0.2, 0) is 31.9 Å². The number of ether oxygens (including phenoxy) is 3. The van der Waals surface area contributed by atoms with Crippen molar-refractivity contribution in [1.29, 1.82) is 0 Å². The van der Waals surface area contributed by atoms with E-state index < -0.39 is 23.4 Å². The zero-order valence-electron chi connectivity index (χ0n) is 25.0. The Kier molecular flexibility index (Phi) is 7.60. The predicted octanol–water partition coefficient (Wildman–Crippen LogP) is 6.48. The molecule has 4 aliphatic rings. The van der Waals surface area contributed by atoms with Gasteiger partial charge < -0.3 is 31.9 Å². The van der Waals surface area contributed by atoms with Crippen molar-refractivity contribution in [3.8, 4) is 0 Å². The highest BCUT2D eigenvalue weighted by molar-refractivity contribution is 6.74. The Morgan fingerprint density at radius 3 is 1.70 bits per heavy atom. The molecule has 0 aromatic heterocycles. The Balaban J connectivity index is 1.51. The fourth-order valence-corrected chi connectivity index (χ4v) is 16.7. The lowest BCUT2D eigenvalue weighted by atomic mass is 10.1. The third-order valence-corrected chi connectivity index (χ3v) is 18.3. The van der Waals surface area contributed by atoms with Crippen LogP contribution in [0, 0.1) is 0 Å². The molecule has 0 saturated carbocycles. The van der Waals surface area contributed by atoms with Gasteiger partial charge in [0.05, 0.1) is 25.6 Å². The highest BCUT2D eigenvalue weighted by Gasteiger charge is 2.64. The molecule has 4 rings (SSSR count). The van der Waals surface area contributed by atoms with E-state index in [0.29, 0.717) is 13.2 Å². The van der Waals surface area contributed by atoms with Crippen LogP contribution < -0.4 is 0 Å². The van der Waals surface area contributed by atoms with E-state index in [-0.39, 0.29) is 50.7 Å². The molecule has 0 bridgehead atoms. The molecule has 0 N–H and O–H groups in total. The third-order valence-electron chi connectivity index (χ3n) is 8.09. The summed E-state index contributed by atoms with van der Waals surface area (Å²) >= 11 is 0. The van der Waals surface area contributed by atoms with Gasteiger partial charge in [0.15, 0.2) is 6.29 Å². The SMILES string of the molecule is CC(C)(C)[Si]1(C(C)(C)C)OC[C@H]2OC=C[C@@H](O[C@@H]3C=C[C@@H]4O[Si](C(C)(C)C)(C(C)(C)C)OC[C@H]4O3)[C@@H]2O1. The van der Waals surface area contributed by atoms with E-state index in [4.69, 9.17) is 31.9 Å². The highest BCUT2D eigenvalue weighted by Crippen LogP contribution is 2.56. The summed E-state index contributed by atoms with van der Waals surface area (Å²) in [4.78, 5) is 0. The van der Waals surface area contributed by atoms with Crippen LogP contribution in [0.1, 0.15) is 83.1 Å². The molecular formula is C28H50O7Si2. The quantitative estimate of drug-likeness (QED) is 0.286. The van der Waals surface area contributed by atoms with Gasteiger partial charge in [0, 0.05) is 20.2 Å². The van der Waals surface area contributed by atoms with E-state index in [1.165, 1.54) is 0 Å². The fraction of sp³-hybridized carbons (Fsp3) is 0.857. The second kappa shape index (κ2) is 9.54. The Labute approximate surface area is 226 Å². The van der Waals surface area contributed by atoms with E-state index >= 15 is 0 Å². The van der Waals surface area contributed by atoms with Gasteiger partial charge in [0.2, 0.25) is 0 Å². The van der Waals surface area contributed by atoms with Crippen LogP contribution >= 0.6 is 0 Å². The lowest BCUT2D eigenvalue weighted by Gasteiger charge is -2.56. The molecule has 0 spiro atoms. The maximum absolute atomic E-state index is 6.96. The molecule has 9 heteroatoms. The molecular weight excluding hydrogens is 504 g/mol. The molecule has 0 unspecified atom stereocenters. The molecule has 0 amide bonds. The molecule has 4 aliphatic heterocycles. The van der Waals surface area contributed by atoms with Crippen molar-refractivity contribution < 1.29 is 31.9 Å². The van der Waals surface area contributed by atoms with Crippen LogP contribution in [0.3, 0.4) is 0 Å². The smallest absolute Gasteiger partial charge is 0.349 e. The van der Waals surface area contributed by atoms with Crippen molar-refractivity contribution in [2.75, 3.05) is 13.2 Å². The van der Waals surface area contributed by atoms with Gasteiger partial charge in [-0.3, -0.25) is 0 Å². The molecule has 0 aromatic rings. The van der Waals surface area contributed by atoms with E-state index in [1.807, 2.05) is 12.2 Å². The van der Waals surface area contributed by atoms with Gasteiger partial charge in [-0.25, -0.2) is 0 Å². The monoisotopic (exact) mass is 554 g/mol. The molecule has 0 aliphatic carbocycles. The molecule has 7 nitrogen and oxygen atoms in total. The number of hydrogen-bond acceptors (Lipinski definition) is 7. The van der Waals surface area contributed by atoms with Crippen molar-refractivity contribution in [2.24, 2.45) is 0 Å². The van der Waals surface area contributed by atoms with E-state index in [1.54, 1.807) is 6.26 Å². The van der Waals surface area contributed by atoms with E-state index in [0.717, 1.165) is 0 Å². The summed E-state index contributed by atoms with van der Waals surface area (Å²) in [6, 6.07) is 0. The summed E-state index contributed by atoms with van der Waals surface area (Å²) in [6.45, 7) is 27.7. The molecule has 0 radical (unpaired) electrons. The Hall–Kier alpha value is -0.526. The minimum atomic E-state index is -2.67. The number of rotatable bonds is 2. The summed E-state index contributed by atoms with van der Waals surface area (Å²) in [5, 5.41) is -0.389. The summed E-state index contributed by atoms with van der Waals surface area (Å²) in [5.41, 5.74) is 0. The molecule has 2 saturated heterocycles. The van der Waals surface area contributed by atoms with E-state index in [2.05, 4.69) is 89.2 Å². The van der Waals surface area contributed by atoms with Gasteiger partial charge in [-0.05, 0) is 12.2 Å². The Morgan fingerprint density at radius 1 is 0.649 bits per heavy atom. The van der Waals surface area contributed by atoms with Crippen LogP contribution in [0.25, 0.3) is 0 Å². The van der Waals surface area contributed by atoms with E-state index in [9.17, 15) is 0 Å². The standard InChI is InChI=1S/C28H50O7Si2/c1-25(2,3)36(26(4,5)6)30-17-21-19(34-36)13-14-23(33-21)32-20-15-16-29-22-18-31-37(27(7,8)9,28(10,11)12)35-24(20)22/h13-16,19-24H,17-18H2,1-12H3/t19-,20+,21+,22+,23-,24-/m0/s1. The van der Waals surface area contributed by atoms with Gasteiger partial charge in [0.25, 0.3) is 0 Å². The van der Waals surface area contributed by atoms with Crippen LogP contribution in [-0.4, -0.2) is 67.1 Å². The first-order valence-corrected chi connectivity index (χ1v) is 17.4. The Morgan fingerprint density at radius 2 is 1.16 bits per heavy atom. The minimum absolute atomic E-state index is 0.0732. The van der Waals surface area contributed by atoms with Crippen LogP contribution in [0.15, 0.2) is 24.5 Å². The molecule has 4 heterocycles. The van der Waals surface area contributed by atoms with Gasteiger partial charge in [-0.15, -0.1) is 0 Å². The summed E-state index contributed by atoms with van der Waals surface area (Å²) in [6.07, 6.45) is 6.06. The van der Waals surface area contributed by atoms with Gasteiger partial charge in [-0.2, -0.15) is 0 Å². The van der Waals surface area contributed by atoms with Gasteiger partial charge >= 0.3 is 17.1 Å². The average molecular weight is 555 g/mol. The summed E-state index contributed by atoms with van der Waals surface area (Å²) in [5.74, 6) is 0. The van der Waals surface area contributed by atoms with Crippen molar-refractivity contribution in [3.05, 3.63) is 24.5 Å². The second-order valence-corrected chi connectivity index (χ2v) is 24.6. The van der Waals surface area contributed by atoms with Crippen LogP contribution in [0.2, 0.25) is 20.2 Å². The summed E-state index contributed by atoms with van der Waals surface area (Å²) < 4.78 is 45.8. The fourth-order valence-electron chi connectivity index (χ4n) is 6.80. The lowest BCUT2D eigenvalue weighted by molar-refractivity contribution is -0.228. The third kappa shape index (κ3) is 5.08. The van der Waals surface area contributed by atoms with Crippen molar-refractivity contribution in [2.45, 2.75) is 140 Å². The van der Waals surface area contributed by atoms with Crippen LogP contribution in [0.5, 0.6) is 0 Å². The average Bonchev–Trinajstić information content (AvgIpc) is 2.75. The molecule has 0 aromatic carbocycles. The normalized spacial score (nSPS) is 35.9. The zero-order chi connectivity index (χ0) is 27.7. The molecule has 6 atom stereocenters. The first kappa shape index (κ1) is 29.5. The van der Waals surface area contributed by atoms with Crippen molar-refractivity contribution in [3.63, 3.8) is 0 Å². The van der Waals surface area contributed by atoms with Crippen molar-refractivity contribution >= 4 is 17.1 Å².